The molecule has 2 N–H and O–H groups in total. The number of nitrogens with one attached hydrogen (secondary N) is 2. The molecule has 0 aromatic heterocycles. The number of fused-ring (bicyclic) bond motifs is 1. The average molecular weight is 270 g/mol. The number of carbonyl (C=O) groups excluding carboxylic acids is 1. The summed E-state index contributed by atoms with van der Waals surface area (Å²) in [5.41, 5.74) is -0.453. The maximum atomic E-state index is 11.9. The molecule has 1 saturated heterocycles. The quantitative estimate of drug-likeness (QED) is 0.816. The van der Waals surface area contributed by atoms with Gasteiger partial charge in [-0.25, -0.2) is 4.79 Å². The second kappa shape index (κ2) is 5.67. The van der Waals surface area contributed by atoms with Crippen LogP contribution in [0.4, 0.5) is 4.79 Å². The van der Waals surface area contributed by atoms with Gasteiger partial charge in [0, 0.05) is 12.5 Å². The van der Waals surface area contributed by atoms with Crippen LogP contribution in [0.2, 0.25) is 0 Å². The third kappa shape index (κ3) is 3.39. The fourth-order valence-corrected chi connectivity index (χ4v) is 2.90. The fraction of sp³-hybridized carbons (Fsp3) is 0.929. The van der Waals surface area contributed by atoms with Crippen LogP contribution in [0.1, 0.15) is 40.5 Å². The Labute approximate surface area is 115 Å². The Hall–Kier alpha value is -0.810. The van der Waals surface area contributed by atoms with Crippen LogP contribution in [0, 0.1) is 5.92 Å². The van der Waals surface area contributed by atoms with E-state index in [0.717, 1.165) is 26.0 Å². The molecule has 4 unspecified atom stereocenters. The van der Waals surface area contributed by atoms with E-state index in [-0.39, 0.29) is 24.3 Å². The molecule has 1 aliphatic heterocycles. The lowest BCUT2D eigenvalue weighted by molar-refractivity contribution is -0.0335. The highest BCUT2D eigenvalue weighted by Crippen LogP contribution is 2.39. The summed E-state index contributed by atoms with van der Waals surface area (Å²) in [6, 6.07) is 0.355. The summed E-state index contributed by atoms with van der Waals surface area (Å²) in [4.78, 5) is 11.9. The minimum Gasteiger partial charge on any atom is -0.444 e. The van der Waals surface area contributed by atoms with Crippen LogP contribution in [0.25, 0.3) is 0 Å². The zero-order valence-corrected chi connectivity index (χ0v) is 12.4. The van der Waals surface area contributed by atoms with Gasteiger partial charge >= 0.3 is 6.09 Å². The van der Waals surface area contributed by atoms with Gasteiger partial charge in [0.2, 0.25) is 0 Å². The second-order valence-corrected chi connectivity index (χ2v) is 6.44. The van der Waals surface area contributed by atoms with Crippen molar-refractivity contribution in [3.05, 3.63) is 0 Å². The summed E-state index contributed by atoms with van der Waals surface area (Å²) in [6.07, 6.45) is 2.03. The van der Waals surface area contributed by atoms with Crippen molar-refractivity contribution in [3.63, 3.8) is 0 Å². The monoisotopic (exact) mass is 270 g/mol. The first-order chi connectivity index (χ1) is 8.92. The molecule has 0 aromatic carbocycles. The summed E-state index contributed by atoms with van der Waals surface area (Å²) < 4.78 is 11.0. The molecule has 4 atom stereocenters. The van der Waals surface area contributed by atoms with E-state index < -0.39 is 5.60 Å². The lowest BCUT2D eigenvalue weighted by Gasteiger charge is -2.48. The van der Waals surface area contributed by atoms with Gasteiger partial charge in [-0.2, -0.15) is 0 Å². The molecule has 0 spiro atoms. The van der Waals surface area contributed by atoms with E-state index in [1.54, 1.807) is 0 Å². The van der Waals surface area contributed by atoms with E-state index in [9.17, 15) is 4.79 Å². The van der Waals surface area contributed by atoms with Gasteiger partial charge in [0.15, 0.2) is 0 Å². The zero-order chi connectivity index (χ0) is 14.0. The van der Waals surface area contributed by atoms with E-state index >= 15 is 0 Å². The molecule has 1 heterocycles. The Kier molecular flexibility index (Phi) is 4.36. The van der Waals surface area contributed by atoms with Crippen molar-refractivity contribution in [3.8, 4) is 0 Å². The van der Waals surface area contributed by atoms with E-state index in [1.807, 2.05) is 20.8 Å². The minimum atomic E-state index is -0.453. The average Bonchev–Trinajstić information content (AvgIpc) is 2.69. The highest BCUT2D eigenvalue weighted by Gasteiger charge is 2.54. The number of amides is 1. The third-order valence-corrected chi connectivity index (χ3v) is 3.70. The smallest absolute Gasteiger partial charge is 0.407 e. The molecule has 0 radical (unpaired) electrons. The Balaban J connectivity index is 1.88. The molecular formula is C14H26N2O3. The molecule has 0 bridgehead atoms. The Bertz CT molecular complexity index is 327. The molecule has 2 fully saturated rings. The Morgan fingerprint density at radius 2 is 2.11 bits per heavy atom. The van der Waals surface area contributed by atoms with Crippen LogP contribution in [-0.4, -0.2) is 43.0 Å². The van der Waals surface area contributed by atoms with E-state index in [0.29, 0.717) is 5.92 Å². The maximum Gasteiger partial charge on any atom is 0.407 e. The molecule has 0 aromatic rings. The molecular weight excluding hydrogens is 244 g/mol. The molecule has 5 heteroatoms. The van der Waals surface area contributed by atoms with Crippen molar-refractivity contribution < 1.29 is 14.3 Å². The van der Waals surface area contributed by atoms with E-state index in [1.165, 1.54) is 0 Å². The molecule has 110 valence electrons. The Morgan fingerprint density at radius 1 is 1.37 bits per heavy atom. The summed E-state index contributed by atoms with van der Waals surface area (Å²) in [5.74, 6) is 0.432. The predicted octanol–water partition coefficient (Wildman–Crippen LogP) is 1.67. The first-order valence-electron chi connectivity index (χ1n) is 7.27. The number of rotatable bonds is 4. The van der Waals surface area contributed by atoms with Crippen LogP contribution >= 0.6 is 0 Å². The molecule has 2 rings (SSSR count). The molecule has 1 saturated carbocycles. The lowest BCUT2D eigenvalue weighted by atomic mass is 9.71. The highest BCUT2D eigenvalue weighted by molar-refractivity contribution is 5.68. The SMILES string of the molecule is CCCNC1C(NC(=O)OC(C)(C)C)C2CCOC21. The fourth-order valence-electron chi connectivity index (χ4n) is 2.90. The largest absolute Gasteiger partial charge is 0.444 e. The normalized spacial score (nSPS) is 33.5. The number of ether oxygens (including phenoxy) is 2. The topological polar surface area (TPSA) is 59.6 Å². The summed E-state index contributed by atoms with van der Waals surface area (Å²) in [6.45, 7) is 9.51. The summed E-state index contributed by atoms with van der Waals surface area (Å²) >= 11 is 0. The van der Waals surface area contributed by atoms with Gasteiger partial charge in [-0.1, -0.05) is 6.92 Å². The highest BCUT2D eigenvalue weighted by atomic mass is 16.6. The van der Waals surface area contributed by atoms with Gasteiger partial charge in [0.25, 0.3) is 0 Å². The van der Waals surface area contributed by atoms with Gasteiger partial charge in [-0.05, 0) is 40.2 Å². The van der Waals surface area contributed by atoms with Crippen molar-refractivity contribution in [1.82, 2.24) is 10.6 Å². The van der Waals surface area contributed by atoms with Crippen molar-refractivity contribution in [2.45, 2.75) is 64.3 Å². The van der Waals surface area contributed by atoms with Crippen LogP contribution < -0.4 is 10.6 Å². The van der Waals surface area contributed by atoms with Gasteiger partial charge in [0.05, 0.1) is 18.2 Å². The number of carbonyl (C=O) groups is 1. The third-order valence-electron chi connectivity index (χ3n) is 3.70. The van der Waals surface area contributed by atoms with Crippen molar-refractivity contribution in [2.24, 2.45) is 5.92 Å². The summed E-state index contributed by atoms with van der Waals surface area (Å²) in [7, 11) is 0. The van der Waals surface area contributed by atoms with Gasteiger partial charge < -0.3 is 20.1 Å². The number of alkyl carbamates (subject to hydrolysis) is 1. The van der Waals surface area contributed by atoms with Gasteiger partial charge in [-0.15, -0.1) is 0 Å². The van der Waals surface area contributed by atoms with E-state index in [2.05, 4.69) is 17.6 Å². The van der Waals surface area contributed by atoms with Crippen LogP contribution in [-0.2, 0) is 9.47 Å². The van der Waals surface area contributed by atoms with Gasteiger partial charge in [-0.3, -0.25) is 0 Å². The van der Waals surface area contributed by atoms with Crippen molar-refractivity contribution >= 4 is 6.09 Å². The van der Waals surface area contributed by atoms with Crippen molar-refractivity contribution in [2.75, 3.05) is 13.2 Å². The first-order valence-corrected chi connectivity index (χ1v) is 7.27. The standard InChI is InChI=1S/C14H26N2O3/c1-5-7-15-11-10(9-6-8-18-12(9)11)16-13(17)19-14(2,3)4/h9-12,15H,5-8H2,1-4H3,(H,16,17). The van der Waals surface area contributed by atoms with Crippen molar-refractivity contribution in [1.29, 1.82) is 0 Å². The molecule has 2 aliphatic rings. The van der Waals surface area contributed by atoms with Gasteiger partial charge in [0.1, 0.15) is 5.60 Å². The number of hydrogen-bond acceptors (Lipinski definition) is 4. The van der Waals surface area contributed by atoms with Crippen LogP contribution in [0.15, 0.2) is 0 Å². The molecule has 1 aliphatic carbocycles. The van der Waals surface area contributed by atoms with E-state index in [4.69, 9.17) is 9.47 Å². The second-order valence-electron chi connectivity index (χ2n) is 6.44. The molecule has 19 heavy (non-hydrogen) atoms. The zero-order valence-electron chi connectivity index (χ0n) is 12.4. The van der Waals surface area contributed by atoms with Crippen LogP contribution in [0.3, 0.4) is 0 Å². The predicted molar refractivity (Wildman–Crippen MR) is 73.1 cm³/mol. The maximum absolute atomic E-state index is 11.9. The first kappa shape index (κ1) is 14.6. The number of hydrogen-bond donors (Lipinski definition) is 2. The summed E-state index contributed by atoms with van der Waals surface area (Å²) in [5, 5.41) is 6.46. The molecule has 1 amide bonds. The Morgan fingerprint density at radius 3 is 2.74 bits per heavy atom. The van der Waals surface area contributed by atoms with Crippen LogP contribution in [0.5, 0.6) is 0 Å². The minimum absolute atomic E-state index is 0.133. The lowest BCUT2D eigenvalue weighted by Crippen LogP contribution is -2.70. The molecule has 5 nitrogen and oxygen atoms in total.